The molecule has 5 heterocycles. The van der Waals surface area contributed by atoms with E-state index in [-0.39, 0.29) is 34.7 Å². The maximum atomic E-state index is 14.0. The lowest BCUT2D eigenvalue weighted by molar-refractivity contribution is -0.146. The van der Waals surface area contributed by atoms with Crippen molar-refractivity contribution in [3.63, 3.8) is 0 Å². The molecule has 1 unspecified atom stereocenters. The van der Waals surface area contributed by atoms with Crippen molar-refractivity contribution in [2.75, 3.05) is 73.7 Å². The largest absolute Gasteiger partial charge is 0.468 e. The maximum absolute atomic E-state index is 14.0. The number of carbonyl (C=O) groups excluding carboxylic acids is 3. The zero-order valence-electron chi connectivity index (χ0n) is 26.4. The second-order valence-electron chi connectivity index (χ2n) is 11.8. The maximum Gasteiger partial charge on any atom is 0.338 e. The van der Waals surface area contributed by atoms with Crippen LogP contribution in [0.2, 0.25) is 5.02 Å². The van der Waals surface area contributed by atoms with E-state index >= 15 is 0 Å². The summed E-state index contributed by atoms with van der Waals surface area (Å²) in [6.07, 6.45) is 2.16. The number of esters is 2. The molecule has 47 heavy (non-hydrogen) atoms. The number of ether oxygens (including phenoxy) is 3. The molecule has 4 aliphatic heterocycles. The lowest BCUT2D eigenvalue weighted by Gasteiger charge is -2.38. The average molecular weight is 690 g/mol. The number of fused-ring (bicyclic) bond motifs is 1. The van der Waals surface area contributed by atoms with Crippen LogP contribution < -0.4 is 5.32 Å². The summed E-state index contributed by atoms with van der Waals surface area (Å²) in [5.41, 5.74) is 1.30. The summed E-state index contributed by atoms with van der Waals surface area (Å²) in [7, 11) is 4.30. The van der Waals surface area contributed by atoms with Crippen LogP contribution in [-0.2, 0) is 23.8 Å². The lowest BCUT2D eigenvalue weighted by Crippen LogP contribution is -2.53. The number of aromatic nitrogens is 1. The van der Waals surface area contributed by atoms with Gasteiger partial charge in [0.15, 0.2) is 10.8 Å². The number of aliphatic imine (C=N–C) groups is 1. The topological polar surface area (TPSA) is 129 Å². The first-order valence-electron chi connectivity index (χ1n) is 15.3. The fourth-order valence-corrected chi connectivity index (χ4v) is 7.74. The molecule has 0 radical (unpaired) electrons. The summed E-state index contributed by atoms with van der Waals surface area (Å²) in [5.74, 6) is -0.928. The molecule has 13 nitrogen and oxygen atoms in total. The molecule has 4 aliphatic rings. The molecule has 1 aromatic carbocycles. The quantitative estimate of drug-likeness (QED) is 0.371. The van der Waals surface area contributed by atoms with E-state index in [0.717, 1.165) is 0 Å². The Hall–Kier alpha value is -3.63. The first-order chi connectivity index (χ1) is 22.7. The van der Waals surface area contributed by atoms with E-state index in [1.807, 2.05) is 20.1 Å². The molecule has 0 aliphatic carbocycles. The third-order valence-corrected chi connectivity index (χ3v) is 10.3. The normalized spacial score (nSPS) is 25.1. The van der Waals surface area contributed by atoms with Crippen molar-refractivity contribution < 1.29 is 33.0 Å². The Morgan fingerprint density at radius 3 is 2.64 bits per heavy atom. The van der Waals surface area contributed by atoms with E-state index in [0.29, 0.717) is 80.9 Å². The van der Waals surface area contributed by atoms with Gasteiger partial charge in [0, 0.05) is 86.8 Å². The van der Waals surface area contributed by atoms with E-state index in [1.54, 1.807) is 13.3 Å². The Bertz CT molecular complexity index is 1580. The minimum absolute atomic E-state index is 0.0358. The van der Waals surface area contributed by atoms with Crippen molar-refractivity contribution in [1.29, 1.82) is 0 Å². The number of methoxy groups -OCH3 is 3. The molecule has 0 spiro atoms. The van der Waals surface area contributed by atoms with Crippen LogP contribution in [0.5, 0.6) is 0 Å². The molecule has 2 aromatic rings. The van der Waals surface area contributed by atoms with Crippen LogP contribution in [-0.4, -0.2) is 140 Å². The highest BCUT2D eigenvalue weighted by Crippen LogP contribution is 2.37. The fraction of sp³-hybridized carbons (Fsp3) is 0.516. The third-order valence-electron chi connectivity index (χ3n) is 9.15. The highest BCUT2D eigenvalue weighted by atomic mass is 35.5. The number of amidine groups is 1. The Kier molecular flexibility index (Phi) is 10.1. The van der Waals surface area contributed by atoms with E-state index in [1.165, 1.54) is 43.8 Å². The summed E-state index contributed by atoms with van der Waals surface area (Å²) < 4.78 is 29.5. The predicted octanol–water partition coefficient (Wildman–Crippen LogP) is 2.14. The highest BCUT2D eigenvalue weighted by molar-refractivity contribution is 7.11. The number of amides is 2. The fourth-order valence-electron chi connectivity index (χ4n) is 6.88. The van der Waals surface area contributed by atoms with Crippen LogP contribution in [0.25, 0.3) is 0 Å². The summed E-state index contributed by atoms with van der Waals surface area (Å²) >= 11 is 7.88. The number of likely N-dealkylation sites (tertiary alicyclic amines) is 1. The molecule has 0 bridgehead atoms. The van der Waals surface area contributed by atoms with Gasteiger partial charge in [0.1, 0.15) is 17.9 Å². The molecule has 2 amide bonds. The number of carbonyl (C=O) groups is 3. The third kappa shape index (κ3) is 6.72. The van der Waals surface area contributed by atoms with Crippen molar-refractivity contribution in [1.82, 2.24) is 29.9 Å². The van der Waals surface area contributed by atoms with Crippen LogP contribution >= 0.6 is 22.9 Å². The number of thiazole rings is 1. The van der Waals surface area contributed by atoms with E-state index in [9.17, 15) is 18.8 Å². The minimum Gasteiger partial charge on any atom is -0.468 e. The van der Waals surface area contributed by atoms with Crippen molar-refractivity contribution in [2.45, 2.75) is 30.6 Å². The summed E-state index contributed by atoms with van der Waals surface area (Å²) in [4.78, 5) is 56.7. The van der Waals surface area contributed by atoms with Gasteiger partial charge in [0.05, 0.1) is 32.4 Å². The van der Waals surface area contributed by atoms with Gasteiger partial charge >= 0.3 is 18.0 Å². The van der Waals surface area contributed by atoms with Crippen molar-refractivity contribution in [3.05, 3.63) is 62.5 Å². The molecule has 16 heteroatoms. The van der Waals surface area contributed by atoms with Gasteiger partial charge in [-0.25, -0.2) is 19.0 Å². The molecule has 4 atom stereocenters. The number of nitrogens with one attached hydrogen (secondary N) is 1. The van der Waals surface area contributed by atoms with E-state index < -0.39 is 23.9 Å². The van der Waals surface area contributed by atoms with Gasteiger partial charge in [-0.3, -0.25) is 19.6 Å². The van der Waals surface area contributed by atoms with Crippen LogP contribution in [0.1, 0.15) is 23.0 Å². The average Bonchev–Trinajstić information content (AvgIpc) is 3.82. The number of halogens is 2. The molecular formula is C31H37ClFN7O6S. The minimum atomic E-state index is -0.860. The van der Waals surface area contributed by atoms with Gasteiger partial charge in [-0.1, -0.05) is 17.7 Å². The van der Waals surface area contributed by atoms with Crippen LogP contribution in [0.3, 0.4) is 0 Å². The Morgan fingerprint density at radius 1 is 1.11 bits per heavy atom. The molecule has 1 N–H and O–H groups in total. The molecule has 252 valence electrons. The second-order valence-corrected chi connectivity index (χ2v) is 13.1. The molecule has 3 fully saturated rings. The lowest BCUT2D eigenvalue weighted by atomic mass is 9.95. The summed E-state index contributed by atoms with van der Waals surface area (Å²) in [6, 6.07) is 2.47. The number of piperazine rings is 1. The highest BCUT2D eigenvalue weighted by Gasteiger charge is 2.48. The summed E-state index contributed by atoms with van der Waals surface area (Å²) in [5, 5.41) is 5.92. The van der Waals surface area contributed by atoms with Crippen molar-refractivity contribution in [2.24, 2.45) is 4.99 Å². The first-order valence-corrected chi connectivity index (χ1v) is 16.6. The zero-order chi connectivity index (χ0) is 33.2. The van der Waals surface area contributed by atoms with Crippen molar-refractivity contribution in [3.8, 4) is 0 Å². The van der Waals surface area contributed by atoms with E-state index in [4.69, 9.17) is 30.8 Å². The Balaban J connectivity index is 1.23. The Morgan fingerprint density at radius 2 is 1.94 bits per heavy atom. The number of nitrogens with zero attached hydrogens (tertiary/aromatic N) is 6. The van der Waals surface area contributed by atoms with Gasteiger partial charge in [-0.2, -0.15) is 0 Å². The predicted molar refractivity (Wildman–Crippen MR) is 172 cm³/mol. The molecular weight excluding hydrogens is 653 g/mol. The van der Waals surface area contributed by atoms with Gasteiger partial charge in [-0.15, -0.1) is 11.3 Å². The second kappa shape index (κ2) is 14.2. The SMILES string of the molecule is COCCN1C[C@@H](N2C[C@@H]3CN(CC4=C(C(=O)OC)C(c5ccc(F)cc5Cl)N=C(c5nccs5)N4)CCN3C2=O)C[C@@H]1C(=O)OC. The molecule has 0 saturated carbocycles. The smallest absolute Gasteiger partial charge is 0.338 e. The number of hydrogen-bond donors (Lipinski definition) is 1. The van der Waals surface area contributed by atoms with Crippen molar-refractivity contribution >= 4 is 46.7 Å². The van der Waals surface area contributed by atoms with Gasteiger partial charge < -0.3 is 29.3 Å². The standard InChI is InChI=1S/C31H37ClFN7O6S/c1-44-10-9-38-15-19(13-24(38)29(41)45-2)40-16-20-14-37(7-8-39(20)31(40)43)17-23-25(30(42)46-3)26(21-5-4-18(33)12-22(21)32)36-27(35-23)28-34-6-11-47-28/h4-6,11-12,19-20,24,26H,7-10,13-17H2,1-3H3,(H,35,36)/t19-,20-,24+,26?/m0/s1. The number of rotatable bonds is 10. The zero-order valence-corrected chi connectivity index (χ0v) is 27.9. The van der Waals surface area contributed by atoms with Gasteiger partial charge in [0.25, 0.3) is 0 Å². The number of benzene rings is 1. The number of urea groups is 1. The number of hydrogen-bond acceptors (Lipinski definition) is 12. The van der Waals surface area contributed by atoms with Crippen LogP contribution in [0.4, 0.5) is 9.18 Å². The summed E-state index contributed by atoms with van der Waals surface area (Å²) in [6.45, 7) is 4.08. The Labute approximate surface area is 280 Å². The molecule has 3 saturated heterocycles. The van der Waals surface area contributed by atoms with Gasteiger partial charge in [-0.05, 0) is 18.6 Å². The first kappa shape index (κ1) is 33.3. The van der Waals surface area contributed by atoms with Crippen LogP contribution in [0.15, 0.2) is 46.0 Å². The monoisotopic (exact) mass is 689 g/mol. The van der Waals surface area contributed by atoms with Gasteiger partial charge in [0.2, 0.25) is 0 Å². The molecule has 1 aromatic heterocycles. The molecule has 6 rings (SSSR count). The van der Waals surface area contributed by atoms with Crippen LogP contribution in [0, 0.1) is 5.82 Å². The van der Waals surface area contributed by atoms with E-state index in [2.05, 4.69) is 15.2 Å².